The minimum Gasteiger partial charge on any atom is -0.481 e. The third kappa shape index (κ3) is 1.89. The maximum absolute atomic E-state index is 11.4. The first-order chi connectivity index (χ1) is 7.15. The summed E-state index contributed by atoms with van der Waals surface area (Å²) in [6.07, 6.45) is 6.37. The van der Waals surface area contributed by atoms with Crippen LogP contribution >= 0.6 is 0 Å². The SMILES string of the molecule is CC1OCCC1(CC1CCCC1)C(=O)O. The van der Waals surface area contributed by atoms with Gasteiger partial charge in [0.1, 0.15) is 0 Å². The number of carboxylic acid groups (broad SMARTS) is 1. The molecule has 86 valence electrons. The van der Waals surface area contributed by atoms with E-state index in [1.807, 2.05) is 6.92 Å². The Labute approximate surface area is 90.8 Å². The van der Waals surface area contributed by atoms with E-state index < -0.39 is 11.4 Å². The summed E-state index contributed by atoms with van der Waals surface area (Å²) in [4.78, 5) is 11.4. The lowest BCUT2D eigenvalue weighted by atomic mass is 9.74. The summed E-state index contributed by atoms with van der Waals surface area (Å²) in [6.45, 7) is 2.52. The number of rotatable bonds is 3. The number of ether oxygens (including phenoxy) is 1. The highest BCUT2D eigenvalue weighted by Crippen LogP contribution is 2.44. The van der Waals surface area contributed by atoms with Crippen LogP contribution in [0.2, 0.25) is 0 Å². The van der Waals surface area contributed by atoms with Crippen LogP contribution in [-0.4, -0.2) is 23.8 Å². The fourth-order valence-electron chi connectivity index (χ4n) is 3.15. The van der Waals surface area contributed by atoms with Crippen molar-refractivity contribution in [3.8, 4) is 0 Å². The van der Waals surface area contributed by atoms with Crippen molar-refractivity contribution >= 4 is 5.97 Å². The average Bonchev–Trinajstić information content (AvgIpc) is 2.78. The third-order valence-electron chi connectivity index (χ3n) is 4.25. The molecular formula is C12H20O3. The molecule has 0 amide bonds. The van der Waals surface area contributed by atoms with Gasteiger partial charge in [0.15, 0.2) is 0 Å². The Balaban J connectivity index is 2.08. The monoisotopic (exact) mass is 212 g/mol. The molecule has 0 radical (unpaired) electrons. The Kier molecular flexibility index (Phi) is 3.01. The van der Waals surface area contributed by atoms with Crippen molar-refractivity contribution < 1.29 is 14.6 Å². The molecule has 1 saturated carbocycles. The average molecular weight is 212 g/mol. The van der Waals surface area contributed by atoms with Crippen molar-refractivity contribution in [1.29, 1.82) is 0 Å². The first-order valence-electron chi connectivity index (χ1n) is 6.00. The lowest BCUT2D eigenvalue weighted by molar-refractivity contribution is -0.153. The molecule has 1 aliphatic heterocycles. The van der Waals surface area contributed by atoms with Crippen molar-refractivity contribution in [2.45, 2.75) is 51.6 Å². The van der Waals surface area contributed by atoms with Gasteiger partial charge in [-0.25, -0.2) is 0 Å². The highest BCUT2D eigenvalue weighted by atomic mass is 16.5. The summed E-state index contributed by atoms with van der Waals surface area (Å²) in [5, 5.41) is 9.41. The molecule has 0 bridgehead atoms. The van der Waals surface area contributed by atoms with Crippen LogP contribution < -0.4 is 0 Å². The van der Waals surface area contributed by atoms with Crippen LogP contribution in [0.25, 0.3) is 0 Å². The van der Waals surface area contributed by atoms with Gasteiger partial charge in [0.2, 0.25) is 0 Å². The number of carboxylic acids is 1. The van der Waals surface area contributed by atoms with E-state index in [-0.39, 0.29) is 6.10 Å². The Morgan fingerprint density at radius 3 is 2.60 bits per heavy atom. The quantitative estimate of drug-likeness (QED) is 0.781. The van der Waals surface area contributed by atoms with E-state index in [0.29, 0.717) is 18.9 Å². The van der Waals surface area contributed by atoms with Crippen molar-refractivity contribution in [2.75, 3.05) is 6.61 Å². The van der Waals surface area contributed by atoms with Crippen molar-refractivity contribution in [2.24, 2.45) is 11.3 Å². The van der Waals surface area contributed by atoms with Crippen LogP contribution in [0.1, 0.15) is 45.4 Å². The topological polar surface area (TPSA) is 46.5 Å². The van der Waals surface area contributed by atoms with Gasteiger partial charge in [-0.1, -0.05) is 25.7 Å². The number of aliphatic carboxylic acids is 1. The van der Waals surface area contributed by atoms with Crippen LogP contribution in [0.15, 0.2) is 0 Å². The summed E-state index contributed by atoms with van der Waals surface area (Å²) >= 11 is 0. The molecule has 1 aliphatic carbocycles. The third-order valence-corrected chi connectivity index (χ3v) is 4.25. The molecule has 1 heterocycles. The second-order valence-corrected chi connectivity index (χ2v) is 5.08. The molecule has 3 heteroatoms. The second-order valence-electron chi connectivity index (χ2n) is 5.08. The van der Waals surface area contributed by atoms with Crippen LogP contribution in [0, 0.1) is 11.3 Å². The maximum Gasteiger partial charge on any atom is 0.312 e. The standard InChI is InChI=1S/C12H20O3/c1-9-12(11(13)14,6-7-15-9)8-10-4-2-3-5-10/h9-10H,2-8H2,1H3,(H,13,14). The molecule has 1 N–H and O–H groups in total. The van der Waals surface area contributed by atoms with E-state index in [1.54, 1.807) is 0 Å². The number of carbonyl (C=O) groups is 1. The lowest BCUT2D eigenvalue weighted by Gasteiger charge is -2.30. The van der Waals surface area contributed by atoms with E-state index in [0.717, 1.165) is 6.42 Å². The van der Waals surface area contributed by atoms with Gasteiger partial charge in [0.05, 0.1) is 11.5 Å². The zero-order valence-electron chi connectivity index (χ0n) is 9.37. The van der Waals surface area contributed by atoms with E-state index >= 15 is 0 Å². The fourth-order valence-corrected chi connectivity index (χ4v) is 3.15. The molecule has 2 rings (SSSR count). The first-order valence-corrected chi connectivity index (χ1v) is 6.00. The summed E-state index contributed by atoms with van der Waals surface area (Å²) < 4.78 is 5.46. The fraction of sp³-hybridized carbons (Fsp3) is 0.917. The van der Waals surface area contributed by atoms with Gasteiger partial charge in [-0.15, -0.1) is 0 Å². The van der Waals surface area contributed by atoms with Gasteiger partial charge >= 0.3 is 5.97 Å². The lowest BCUT2D eigenvalue weighted by Crippen LogP contribution is -2.38. The molecular weight excluding hydrogens is 192 g/mol. The minimum absolute atomic E-state index is 0.115. The first kappa shape index (κ1) is 10.9. The van der Waals surface area contributed by atoms with Crippen molar-refractivity contribution in [3.63, 3.8) is 0 Å². The summed E-state index contributed by atoms with van der Waals surface area (Å²) in [5.41, 5.74) is -0.588. The molecule has 2 atom stereocenters. The Morgan fingerprint density at radius 1 is 1.47 bits per heavy atom. The van der Waals surface area contributed by atoms with Gasteiger partial charge in [-0.05, 0) is 25.7 Å². The molecule has 0 aromatic heterocycles. The predicted octanol–water partition coefficient (Wildman–Crippen LogP) is 2.45. The zero-order chi connectivity index (χ0) is 10.9. The normalized spacial score (nSPS) is 37.3. The Bertz CT molecular complexity index is 245. The smallest absolute Gasteiger partial charge is 0.312 e. The number of hydrogen-bond donors (Lipinski definition) is 1. The molecule has 0 aromatic carbocycles. The van der Waals surface area contributed by atoms with Crippen molar-refractivity contribution in [1.82, 2.24) is 0 Å². The molecule has 15 heavy (non-hydrogen) atoms. The molecule has 0 spiro atoms. The minimum atomic E-state index is -0.653. The van der Waals surface area contributed by atoms with Crippen LogP contribution in [0.5, 0.6) is 0 Å². The van der Waals surface area contributed by atoms with E-state index in [2.05, 4.69) is 0 Å². The molecule has 1 saturated heterocycles. The second kappa shape index (κ2) is 4.12. The number of hydrogen-bond acceptors (Lipinski definition) is 2. The van der Waals surface area contributed by atoms with Crippen LogP contribution in [0.3, 0.4) is 0 Å². The molecule has 2 fully saturated rings. The predicted molar refractivity (Wildman–Crippen MR) is 56.7 cm³/mol. The van der Waals surface area contributed by atoms with E-state index in [4.69, 9.17) is 4.74 Å². The van der Waals surface area contributed by atoms with E-state index in [9.17, 15) is 9.90 Å². The maximum atomic E-state index is 11.4. The molecule has 2 unspecified atom stereocenters. The largest absolute Gasteiger partial charge is 0.481 e. The molecule has 2 aliphatic rings. The highest BCUT2D eigenvalue weighted by molar-refractivity contribution is 5.75. The van der Waals surface area contributed by atoms with Crippen LogP contribution in [-0.2, 0) is 9.53 Å². The van der Waals surface area contributed by atoms with Gasteiger partial charge in [0, 0.05) is 6.61 Å². The Morgan fingerprint density at radius 2 is 2.13 bits per heavy atom. The van der Waals surface area contributed by atoms with Crippen molar-refractivity contribution in [3.05, 3.63) is 0 Å². The molecule has 0 aromatic rings. The van der Waals surface area contributed by atoms with Gasteiger partial charge in [-0.2, -0.15) is 0 Å². The summed E-state index contributed by atoms with van der Waals surface area (Å²) in [5.74, 6) is -0.0374. The summed E-state index contributed by atoms with van der Waals surface area (Å²) in [6, 6.07) is 0. The van der Waals surface area contributed by atoms with Gasteiger partial charge < -0.3 is 9.84 Å². The summed E-state index contributed by atoms with van der Waals surface area (Å²) in [7, 11) is 0. The zero-order valence-corrected chi connectivity index (χ0v) is 9.37. The highest BCUT2D eigenvalue weighted by Gasteiger charge is 2.49. The molecule has 3 nitrogen and oxygen atoms in total. The van der Waals surface area contributed by atoms with Gasteiger partial charge in [0.25, 0.3) is 0 Å². The van der Waals surface area contributed by atoms with Gasteiger partial charge in [-0.3, -0.25) is 4.79 Å². The Hall–Kier alpha value is -0.570. The van der Waals surface area contributed by atoms with Crippen LogP contribution in [0.4, 0.5) is 0 Å². The van der Waals surface area contributed by atoms with E-state index in [1.165, 1.54) is 25.7 Å².